The third kappa shape index (κ3) is 9.03. The van der Waals surface area contributed by atoms with Crippen molar-refractivity contribution in [3.8, 4) is 22.6 Å². The normalized spacial score (nSPS) is 18.2. The number of nitrogens with zero attached hydrogens (tertiary/aromatic N) is 1. The van der Waals surface area contributed by atoms with Crippen LogP contribution in [0.4, 0.5) is 0 Å². The number of rotatable bonds is 8. The highest BCUT2D eigenvalue weighted by Crippen LogP contribution is 2.48. The Morgan fingerprint density at radius 1 is 0.889 bits per heavy atom. The van der Waals surface area contributed by atoms with Gasteiger partial charge in [-0.05, 0) is 70.5 Å². The SMILES string of the molecule is COC(=O)[C@@H]1CC=CCc2cc3ccccc3c(c2OC)-c2c(OC)c(cc3ccccc23)CC(NC(C)=O)C(=O)N[C@@H](CCCN=C(N)NCl)C(=O)N1. The van der Waals surface area contributed by atoms with Crippen LogP contribution in [-0.2, 0) is 36.8 Å². The van der Waals surface area contributed by atoms with Crippen LogP contribution in [0.5, 0.6) is 11.5 Å². The fourth-order valence-electron chi connectivity index (χ4n) is 6.85. The summed E-state index contributed by atoms with van der Waals surface area (Å²) < 4.78 is 17.4. The molecule has 5 rings (SSSR count). The summed E-state index contributed by atoms with van der Waals surface area (Å²) in [6, 6.07) is 16.6. The van der Waals surface area contributed by atoms with Crippen molar-refractivity contribution in [2.24, 2.45) is 10.7 Å². The van der Waals surface area contributed by atoms with Crippen molar-refractivity contribution in [3.05, 3.63) is 83.9 Å². The Kier molecular flexibility index (Phi) is 13.3. The number of guanidine groups is 1. The molecule has 4 bridgehead atoms. The third-order valence-electron chi connectivity index (χ3n) is 9.27. The second kappa shape index (κ2) is 18.3. The summed E-state index contributed by atoms with van der Waals surface area (Å²) in [6.07, 6.45) is 4.71. The number of carbonyl (C=O) groups is 4. The molecule has 54 heavy (non-hydrogen) atoms. The summed E-state index contributed by atoms with van der Waals surface area (Å²) in [5.41, 5.74) is 8.74. The van der Waals surface area contributed by atoms with Crippen LogP contribution in [0, 0.1) is 0 Å². The maximum absolute atomic E-state index is 14.2. The van der Waals surface area contributed by atoms with Crippen molar-refractivity contribution in [1.82, 2.24) is 20.8 Å². The molecule has 4 aromatic rings. The molecule has 13 nitrogen and oxygen atoms in total. The van der Waals surface area contributed by atoms with Crippen molar-refractivity contribution >= 4 is 63.0 Å². The van der Waals surface area contributed by atoms with Crippen LogP contribution < -0.4 is 36.0 Å². The number of esters is 1. The zero-order valence-electron chi connectivity index (χ0n) is 30.7. The summed E-state index contributed by atoms with van der Waals surface area (Å²) in [5.74, 6) is -1.20. The van der Waals surface area contributed by atoms with Crippen molar-refractivity contribution in [2.45, 2.75) is 57.2 Å². The van der Waals surface area contributed by atoms with Gasteiger partial charge in [0.1, 0.15) is 29.6 Å². The maximum Gasteiger partial charge on any atom is 0.328 e. The van der Waals surface area contributed by atoms with E-state index in [0.29, 0.717) is 29.9 Å². The molecule has 3 atom stereocenters. The number of hydrogen-bond acceptors (Lipinski definition) is 8. The minimum Gasteiger partial charge on any atom is -0.496 e. The minimum atomic E-state index is -1.13. The molecular formula is C40H45ClN6O7. The third-order valence-corrected chi connectivity index (χ3v) is 9.47. The molecule has 0 aromatic heterocycles. The lowest BCUT2D eigenvalue weighted by Crippen LogP contribution is -2.56. The van der Waals surface area contributed by atoms with Gasteiger partial charge in [0, 0.05) is 42.8 Å². The van der Waals surface area contributed by atoms with Crippen LogP contribution in [0.15, 0.2) is 77.8 Å². The fraction of sp³-hybridized carbons (Fsp3) is 0.325. The average molecular weight is 757 g/mol. The molecule has 0 saturated carbocycles. The quantitative estimate of drug-likeness (QED) is 0.0439. The molecule has 0 saturated heterocycles. The minimum absolute atomic E-state index is 0.00129. The molecule has 0 fully saturated rings. The summed E-state index contributed by atoms with van der Waals surface area (Å²) in [7, 11) is 4.44. The summed E-state index contributed by atoms with van der Waals surface area (Å²) in [6.45, 7) is 1.51. The molecule has 1 aliphatic rings. The van der Waals surface area contributed by atoms with E-state index < -0.39 is 41.8 Å². The molecule has 6 N–H and O–H groups in total. The number of fused-ring (bicyclic) bond motifs is 9. The van der Waals surface area contributed by atoms with Gasteiger partial charge in [0.2, 0.25) is 23.7 Å². The van der Waals surface area contributed by atoms with Gasteiger partial charge >= 0.3 is 5.97 Å². The Balaban J connectivity index is 1.73. The van der Waals surface area contributed by atoms with E-state index in [1.54, 1.807) is 20.3 Å². The first-order chi connectivity index (χ1) is 26.1. The standard InChI is InChI=1S/C40H45ClN6O7/c1-23(48)44-32-22-27-21-25-13-6-9-16-29(25)34(36(27)53-3)33-28-15-8-5-12-24(28)20-26(35(33)52-2)14-7-10-17-31(39(51)54-4)46-37(49)30(45-38(32)50)18-11-19-43-40(42)47-41/h5-10,12-13,15-16,20-21,30-32H,11,14,17-19,22H2,1-4H3,(H,44,48)(H,45,50)(H,46,49)(H3,42,43,47)/t30-,31-,32?/m0/s1. The molecule has 1 aliphatic heterocycles. The highest BCUT2D eigenvalue weighted by molar-refractivity contribution is 6.21. The van der Waals surface area contributed by atoms with Gasteiger partial charge in [0.15, 0.2) is 0 Å². The number of carbonyl (C=O) groups excluding carboxylic acids is 4. The molecule has 0 radical (unpaired) electrons. The Morgan fingerprint density at radius 3 is 2.09 bits per heavy atom. The number of nitrogens with one attached hydrogen (secondary N) is 4. The lowest BCUT2D eigenvalue weighted by Gasteiger charge is -2.26. The highest BCUT2D eigenvalue weighted by Gasteiger charge is 2.31. The lowest BCUT2D eigenvalue weighted by molar-refractivity contribution is -0.145. The first-order valence-electron chi connectivity index (χ1n) is 17.5. The first-order valence-corrected chi connectivity index (χ1v) is 17.9. The van der Waals surface area contributed by atoms with Gasteiger partial charge in [-0.15, -0.1) is 0 Å². The van der Waals surface area contributed by atoms with Crippen LogP contribution in [0.2, 0.25) is 0 Å². The molecule has 3 amide bonds. The molecule has 0 aliphatic carbocycles. The first kappa shape index (κ1) is 39.4. The Morgan fingerprint density at radius 2 is 1.50 bits per heavy atom. The van der Waals surface area contributed by atoms with E-state index in [0.717, 1.165) is 38.2 Å². The van der Waals surface area contributed by atoms with Crippen LogP contribution >= 0.6 is 11.8 Å². The van der Waals surface area contributed by atoms with Gasteiger partial charge in [-0.2, -0.15) is 0 Å². The number of hydrogen-bond donors (Lipinski definition) is 5. The van der Waals surface area contributed by atoms with Crippen molar-refractivity contribution < 1.29 is 33.4 Å². The summed E-state index contributed by atoms with van der Waals surface area (Å²) in [4.78, 5) is 59.8. The number of halogens is 1. The summed E-state index contributed by atoms with van der Waals surface area (Å²) in [5, 5.41) is 12.0. The van der Waals surface area contributed by atoms with E-state index in [4.69, 9.17) is 31.7 Å². The highest BCUT2D eigenvalue weighted by atomic mass is 35.5. The van der Waals surface area contributed by atoms with E-state index in [1.807, 2.05) is 60.7 Å². The van der Waals surface area contributed by atoms with Gasteiger partial charge in [-0.3, -0.25) is 24.2 Å². The predicted molar refractivity (Wildman–Crippen MR) is 209 cm³/mol. The lowest BCUT2D eigenvalue weighted by atomic mass is 9.87. The topological polar surface area (TPSA) is 182 Å². The second-order valence-electron chi connectivity index (χ2n) is 12.8. The van der Waals surface area contributed by atoms with Crippen LogP contribution in [-0.4, -0.2) is 75.7 Å². The molecule has 1 unspecified atom stereocenters. The summed E-state index contributed by atoms with van der Waals surface area (Å²) >= 11 is 5.52. The van der Waals surface area contributed by atoms with E-state index >= 15 is 0 Å². The van der Waals surface area contributed by atoms with Crippen LogP contribution in [0.3, 0.4) is 0 Å². The molecule has 0 spiro atoms. The molecule has 14 heteroatoms. The fourth-order valence-corrected chi connectivity index (χ4v) is 6.91. The molecule has 4 aromatic carbocycles. The predicted octanol–water partition coefficient (Wildman–Crippen LogP) is 4.21. The monoisotopic (exact) mass is 756 g/mol. The number of allylic oxidation sites excluding steroid dienone is 1. The van der Waals surface area contributed by atoms with Gasteiger partial charge in [0.05, 0.1) is 21.3 Å². The Bertz CT molecular complexity index is 2100. The Hall–Kier alpha value is -5.82. The van der Waals surface area contributed by atoms with Crippen LogP contribution in [0.1, 0.15) is 37.3 Å². The van der Waals surface area contributed by atoms with E-state index in [1.165, 1.54) is 14.0 Å². The zero-order valence-corrected chi connectivity index (χ0v) is 31.4. The molecular weight excluding hydrogens is 712 g/mol. The average Bonchev–Trinajstić information content (AvgIpc) is 3.17. The second-order valence-corrected chi connectivity index (χ2v) is 13.0. The number of benzene rings is 4. The van der Waals surface area contributed by atoms with Gasteiger partial charge in [-0.1, -0.05) is 60.7 Å². The van der Waals surface area contributed by atoms with Gasteiger partial charge < -0.3 is 35.9 Å². The smallest absolute Gasteiger partial charge is 0.328 e. The maximum atomic E-state index is 14.2. The number of ether oxygens (including phenoxy) is 3. The van der Waals surface area contributed by atoms with E-state index in [-0.39, 0.29) is 31.8 Å². The zero-order chi connectivity index (χ0) is 38.8. The van der Waals surface area contributed by atoms with Gasteiger partial charge in [0.25, 0.3) is 0 Å². The molecule has 1 heterocycles. The number of aliphatic imine (C=N–C) groups is 1. The van der Waals surface area contributed by atoms with E-state index in [9.17, 15) is 19.2 Å². The van der Waals surface area contributed by atoms with Crippen molar-refractivity contribution in [1.29, 1.82) is 0 Å². The van der Waals surface area contributed by atoms with Crippen molar-refractivity contribution in [3.63, 3.8) is 0 Å². The van der Waals surface area contributed by atoms with E-state index in [2.05, 4.69) is 31.8 Å². The number of amides is 3. The van der Waals surface area contributed by atoms with Crippen molar-refractivity contribution in [2.75, 3.05) is 27.9 Å². The van der Waals surface area contributed by atoms with Gasteiger partial charge in [-0.25, -0.2) is 4.79 Å². The molecule has 284 valence electrons. The number of methoxy groups -OCH3 is 3. The Labute approximate surface area is 318 Å². The van der Waals surface area contributed by atoms with Crippen LogP contribution in [0.25, 0.3) is 32.7 Å². The number of nitrogens with two attached hydrogens (primary N) is 1. The largest absolute Gasteiger partial charge is 0.496 e.